The van der Waals surface area contributed by atoms with Crippen molar-refractivity contribution in [3.05, 3.63) is 72.3 Å². The van der Waals surface area contributed by atoms with E-state index < -0.39 is 0 Å². The highest BCUT2D eigenvalue weighted by molar-refractivity contribution is 5.97. The van der Waals surface area contributed by atoms with Crippen molar-refractivity contribution in [3.63, 3.8) is 0 Å². The standard InChI is InChI=1S/C19H20N2/c1-13(20)19(21)18-11-5-4-10-17(18)16-12-6-8-14-7-2-3-9-15(14)16/h2-13,19H,20-21H2,1H3. The van der Waals surface area contributed by atoms with E-state index in [-0.39, 0.29) is 12.1 Å². The Kier molecular flexibility index (Phi) is 3.74. The van der Waals surface area contributed by atoms with E-state index >= 15 is 0 Å². The van der Waals surface area contributed by atoms with E-state index in [0.29, 0.717) is 0 Å². The Morgan fingerprint density at radius 2 is 1.33 bits per heavy atom. The molecule has 0 spiro atoms. The Morgan fingerprint density at radius 3 is 2.14 bits per heavy atom. The molecule has 3 aromatic rings. The van der Waals surface area contributed by atoms with Crippen molar-refractivity contribution in [3.8, 4) is 11.1 Å². The minimum atomic E-state index is -0.167. The summed E-state index contributed by atoms with van der Waals surface area (Å²) >= 11 is 0. The molecule has 3 rings (SSSR count). The van der Waals surface area contributed by atoms with Crippen molar-refractivity contribution < 1.29 is 0 Å². The van der Waals surface area contributed by atoms with Crippen molar-refractivity contribution >= 4 is 10.8 Å². The SMILES string of the molecule is CC(N)C(N)c1ccccc1-c1cccc2ccccc12. The second-order valence-electron chi connectivity index (χ2n) is 5.50. The van der Waals surface area contributed by atoms with Crippen LogP contribution in [0.3, 0.4) is 0 Å². The molecule has 106 valence electrons. The molecule has 2 unspecified atom stereocenters. The summed E-state index contributed by atoms with van der Waals surface area (Å²) in [7, 11) is 0. The van der Waals surface area contributed by atoms with Crippen LogP contribution in [0.25, 0.3) is 21.9 Å². The lowest BCUT2D eigenvalue weighted by Crippen LogP contribution is -2.31. The zero-order valence-corrected chi connectivity index (χ0v) is 12.2. The molecule has 0 amide bonds. The van der Waals surface area contributed by atoms with Crippen molar-refractivity contribution in [2.75, 3.05) is 0 Å². The molecule has 0 fully saturated rings. The van der Waals surface area contributed by atoms with Gasteiger partial charge in [-0.25, -0.2) is 0 Å². The quantitative estimate of drug-likeness (QED) is 0.763. The maximum Gasteiger partial charge on any atom is 0.0452 e. The predicted octanol–water partition coefficient (Wildman–Crippen LogP) is 3.85. The molecule has 0 bridgehead atoms. The van der Waals surface area contributed by atoms with E-state index in [9.17, 15) is 0 Å². The van der Waals surface area contributed by atoms with Crippen molar-refractivity contribution in [2.24, 2.45) is 11.5 Å². The third-order valence-electron chi connectivity index (χ3n) is 3.97. The second-order valence-corrected chi connectivity index (χ2v) is 5.50. The summed E-state index contributed by atoms with van der Waals surface area (Å²) in [5.41, 5.74) is 15.8. The lowest BCUT2D eigenvalue weighted by Gasteiger charge is -2.20. The molecule has 0 saturated heterocycles. The Balaban J connectivity index is 2.24. The molecule has 2 atom stereocenters. The molecule has 0 aliphatic rings. The summed E-state index contributed by atoms with van der Waals surface area (Å²) in [6.45, 7) is 1.95. The Hall–Kier alpha value is -2.16. The van der Waals surface area contributed by atoms with Gasteiger partial charge in [-0.05, 0) is 34.4 Å². The minimum absolute atomic E-state index is 0.0823. The molecule has 2 nitrogen and oxygen atoms in total. The molecule has 3 aromatic carbocycles. The van der Waals surface area contributed by atoms with Gasteiger partial charge in [0.2, 0.25) is 0 Å². The number of fused-ring (bicyclic) bond motifs is 1. The maximum absolute atomic E-state index is 6.30. The molecule has 21 heavy (non-hydrogen) atoms. The molecular weight excluding hydrogens is 256 g/mol. The van der Waals surface area contributed by atoms with E-state index in [1.807, 2.05) is 13.0 Å². The lowest BCUT2D eigenvalue weighted by molar-refractivity contribution is 0.590. The Morgan fingerprint density at radius 1 is 0.714 bits per heavy atom. The summed E-state index contributed by atoms with van der Waals surface area (Å²) in [5.74, 6) is 0. The Bertz CT molecular complexity index is 757. The average Bonchev–Trinajstić information content (AvgIpc) is 2.53. The van der Waals surface area contributed by atoms with Crippen LogP contribution in [0.5, 0.6) is 0 Å². The first-order valence-corrected chi connectivity index (χ1v) is 7.26. The van der Waals surface area contributed by atoms with Gasteiger partial charge in [-0.15, -0.1) is 0 Å². The first-order valence-electron chi connectivity index (χ1n) is 7.26. The molecule has 4 N–H and O–H groups in total. The van der Waals surface area contributed by atoms with E-state index in [2.05, 4.69) is 60.7 Å². The summed E-state index contributed by atoms with van der Waals surface area (Å²) in [4.78, 5) is 0. The van der Waals surface area contributed by atoms with Crippen LogP contribution in [0.15, 0.2) is 66.7 Å². The van der Waals surface area contributed by atoms with Gasteiger partial charge in [0, 0.05) is 12.1 Å². The smallest absolute Gasteiger partial charge is 0.0452 e. The number of hydrogen-bond donors (Lipinski definition) is 2. The first kappa shape index (κ1) is 13.8. The van der Waals surface area contributed by atoms with Crippen LogP contribution in [0.1, 0.15) is 18.5 Å². The van der Waals surface area contributed by atoms with E-state index in [0.717, 1.165) is 5.56 Å². The van der Waals surface area contributed by atoms with Crippen molar-refractivity contribution in [1.82, 2.24) is 0 Å². The van der Waals surface area contributed by atoms with Crippen LogP contribution in [-0.4, -0.2) is 6.04 Å². The lowest BCUT2D eigenvalue weighted by atomic mass is 9.90. The van der Waals surface area contributed by atoms with Crippen molar-refractivity contribution in [1.29, 1.82) is 0 Å². The molecule has 0 aromatic heterocycles. The normalized spacial score (nSPS) is 14.0. The molecule has 0 aliphatic carbocycles. The van der Waals surface area contributed by atoms with Crippen LogP contribution in [0.4, 0.5) is 0 Å². The predicted molar refractivity (Wildman–Crippen MR) is 90.0 cm³/mol. The number of rotatable bonds is 3. The third kappa shape index (κ3) is 2.56. The topological polar surface area (TPSA) is 52.0 Å². The number of hydrogen-bond acceptors (Lipinski definition) is 2. The molecule has 2 heteroatoms. The zero-order chi connectivity index (χ0) is 14.8. The maximum atomic E-state index is 6.30. The zero-order valence-electron chi connectivity index (χ0n) is 12.2. The monoisotopic (exact) mass is 276 g/mol. The highest BCUT2D eigenvalue weighted by Gasteiger charge is 2.16. The van der Waals surface area contributed by atoms with Crippen LogP contribution in [0, 0.1) is 0 Å². The van der Waals surface area contributed by atoms with Crippen molar-refractivity contribution in [2.45, 2.75) is 19.0 Å². The number of nitrogens with two attached hydrogens (primary N) is 2. The molecule has 0 heterocycles. The van der Waals surface area contributed by atoms with E-state index in [1.54, 1.807) is 0 Å². The van der Waals surface area contributed by atoms with Gasteiger partial charge in [-0.1, -0.05) is 66.7 Å². The van der Waals surface area contributed by atoms with Crippen LogP contribution in [0.2, 0.25) is 0 Å². The van der Waals surface area contributed by atoms with Gasteiger partial charge >= 0.3 is 0 Å². The van der Waals surface area contributed by atoms with Crippen LogP contribution < -0.4 is 11.5 Å². The largest absolute Gasteiger partial charge is 0.326 e. The summed E-state index contributed by atoms with van der Waals surface area (Å²) < 4.78 is 0. The first-order chi connectivity index (χ1) is 10.2. The Labute approximate surface area is 125 Å². The molecule has 0 saturated carbocycles. The summed E-state index contributed by atoms with van der Waals surface area (Å²) in [6, 6.07) is 22.8. The highest BCUT2D eigenvalue weighted by atomic mass is 14.8. The van der Waals surface area contributed by atoms with E-state index in [1.165, 1.54) is 21.9 Å². The average molecular weight is 276 g/mol. The van der Waals surface area contributed by atoms with Crippen LogP contribution >= 0.6 is 0 Å². The minimum Gasteiger partial charge on any atom is -0.326 e. The third-order valence-corrected chi connectivity index (χ3v) is 3.97. The van der Waals surface area contributed by atoms with Gasteiger partial charge in [0.15, 0.2) is 0 Å². The summed E-state index contributed by atoms with van der Waals surface area (Å²) in [5, 5.41) is 2.48. The van der Waals surface area contributed by atoms with Gasteiger partial charge in [0.1, 0.15) is 0 Å². The van der Waals surface area contributed by atoms with Gasteiger partial charge in [-0.2, -0.15) is 0 Å². The van der Waals surface area contributed by atoms with E-state index in [4.69, 9.17) is 11.5 Å². The molecular formula is C19H20N2. The molecule has 0 radical (unpaired) electrons. The summed E-state index contributed by atoms with van der Waals surface area (Å²) in [6.07, 6.45) is 0. The fourth-order valence-corrected chi connectivity index (χ4v) is 2.78. The highest BCUT2D eigenvalue weighted by Crippen LogP contribution is 2.33. The van der Waals surface area contributed by atoms with Gasteiger partial charge < -0.3 is 11.5 Å². The number of benzene rings is 3. The van der Waals surface area contributed by atoms with Gasteiger partial charge in [-0.3, -0.25) is 0 Å². The molecule has 0 aliphatic heterocycles. The fraction of sp³-hybridized carbons (Fsp3) is 0.158. The van der Waals surface area contributed by atoms with Gasteiger partial charge in [0.25, 0.3) is 0 Å². The van der Waals surface area contributed by atoms with Gasteiger partial charge in [0.05, 0.1) is 0 Å². The second kappa shape index (κ2) is 5.68. The fourth-order valence-electron chi connectivity index (χ4n) is 2.78. The van der Waals surface area contributed by atoms with Crippen LogP contribution in [-0.2, 0) is 0 Å².